The predicted octanol–water partition coefficient (Wildman–Crippen LogP) is 3.64. The van der Waals surface area contributed by atoms with E-state index >= 15 is 0 Å². The van der Waals surface area contributed by atoms with Gasteiger partial charge in [0.25, 0.3) is 0 Å². The second-order valence-electron chi connectivity index (χ2n) is 5.43. The molecule has 0 aliphatic heterocycles. The van der Waals surface area contributed by atoms with Crippen LogP contribution in [0.25, 0.3) is 0 Å². The Bertz CT molecular complexity index is 776. The van der Waals surface area contributed by atoms with Gasteiger partial charge in [0.15, 0.2) is 0 Å². The van der Waals surface area contributed by atoms with Gasteiger partial charge in [-0.15, -0.1) is 0 Å². The van der Waals surface area contributed by atoms with Crippen LogP contribution < -0.4 is 9.47 Å². The molecule has 2 aromatic rings. The van der Waals surface area contributed by atoms with Crippen molar-refractivity contribution in [1.82, 2.24) is 0 Å². The van der Waals surface area contributed by atoms with E-state index in [4.69, 9.17) is 14.9 Å². The minimum atomic E-state index is -0.442. The van der Waals surface area contributed by atoms with E-state index in [0.29, 0.717) is 16.9 Å². The largest absolute Gasteiger partial charge is 0.488 e. The minimum absolute atomic E-state index is 0.135. The molecule has 0 heterocycles. The summed E-state index contributed by atoms with van der Waals surface area (Å²) >= 11 is 0. The number of nitrogens with one attached hydrogen (secondary N) is 1. The third-order valence-electron chi connectivity index (χ3n) is 3.52. The highest BCUT2D eigenvalue weighted by atomic mass is 16.5. The van der Waals surface area contributed by atoms with Crippen molar-refractivity contribution < 1.29 is 19.1 Å². The van der Waals surface area contributed by atoms with Crippen LogP contribution in [0.2, 0.25) is 0 Å². The van der Waals surface area contributed by atoms with Crippen molar-refractivity contribution in [3.05, 3.63) is 58.7 Å². The number of carbonyl (C=O) groups excluding carboxylic acids is 2. The molecule has 2 rings (SSSR count). The molecule has 0 radical (unpaired) electrons. The van der Waals surface area contributed by atoms with E-state index in [1.54, 1.807) is 6.07 Å². The summed E-state index contributed by atoms with van der Waals surface area (Å²) in [6.07, 6.45) is 0.753. The summed E-state index contributed by atoms with van der Waals surface area (Å²) in [7, 11) is 0. The summed E-state index contributed by atoms with van der Waals surface area (Å²) in [4.78, 5) is 23.0. The first-order chi connectivity index (χ1) is 11.4. The average Bonchev–Trinajstić information content (AvgIpc) is 2.53. The standard InChI is InChI=1S/C19H19NO4/c1-12-5-4-6-13(2)19(12)23-11-15-9-16(24-14(3)21)7-8-17(15)18(22)10-20/h4-10,20H,11H2,1-3H3. The van der Waals surface area contributed by atoms with Gasteiger partial charge >= 0.3 is 5.97 Å². The smallest absolute Gasteiger partial charge is 0.308 e. The number of ether oxygens (including phenoxy) is 2. The van der Waals surface area contributed by atoms with E-state index < -0.39 is 11.8 Å². The molecule has 0 unspecified atom stereocenters. The Morgan fingerprint density at radius 1 is 1.12 bits per heavy atom. The molecule has 5 nitrogen and oxygen atoms in total. The molecule has 0 spiro atoms. The lowest BCUT2D eigenvalue weighted by Crippen LogP contribution is -2.09. The Kier molecular flexibility index (Phi) is 5.47. The van der Waals surface area contributed by atoms with Gasteiger partial charge in [0, 0.05) is 18.1 Å². The number of rotatable bonds is 6. The highest BCUT2D eigenvalue weighted by Gasteiger charge is 2.13. The maximum Gasteiger partial charge on any atom is 0.308 e. The predicted molar refractivity (Wildman–Crippen MR) is 91.1 cm³/mol. The SMILES string of the molecule is CC(=O)Oc1ccc(C(=O)C=N)c(COc2c(C)cccc2C)c1. The molecule has 0 aromatic heterocycles. The van der Waals surface area contributed by atoms with Gasteiger partial charge in [-0.2, -0.15) is 0 Å². The van der Waals surface area contributed by atoms with Crippen LogP contribution in [0.1, 0.15) is 34.0 Å². The topological polar surface area (TPSA) is 76.5 Å². The second kappa shape index (κ2) is 7.55. The number of aryl methyl sites for hydroxylation is 2. The average molecular weight is 325 g/mol. The maximum absolute atomic E-state index is 11.9. The molecule has 24 heavy (non-hydrogen) atoms. The Hall–Kier alpha value is -2.95. The number of benzene rings is 2. The van der Waals surface area contributed by atoms with Gasteiger partial charge in [-0.3, -0.25) is 9.59 Å². The molecule has 0 bridgehead atoms. The van der Waals surface area contributed by atoms with Gasteiger partial charge in [0.1, 0.15) is 18.1 Å². The van der Waals surface area contributed by atoms with Crippen molar-refractivity contribution in [3.63, 3.8) is 0 Å². The number of para-hydroxylation sites is 1. The lowest BCUT2D eigenvalue weighted by Gasteiger charge is -2.14. The van der Waals surface area contributed by atoms with Gasteiger partial charge in [0.2, 0.25) is 5.78 Å². The van der Waals surface area contributed by atoms with Gasteiger partial charge in [-0.1, -0.05) is 18.2 Å². The van der Waals surface area contributed by atoms with Crippen molar-refractivity contribution in [2.45, 2.75) is 27.4 Å². The van der Waals surface area contributed by atoms with Crippen LogP contribution in [0.4, 0.5) is 0 Å². The number of carbonyl (C=O) groups is 2. The van der Waals surface area contributed by atoms with Crippen LogP contribution in [-0.4, -0.2) is 18.0 Å². The van der Waals surface area contributed by atoms with Crippen LogP contribution in [-0.2, 0) is 11.4 Å². The van der Waals surface area contributed by atoms with Crippen molar-refractivity contribution in [3.8, 4) is 11.5 Å². The summed E-state index contributed by atoms with van der Waals surface area (Å²) in [6, 6.07) is 10.5. The highest BCUT2D eigenvalue weighted by molar-refractivity contribution is 6.34. The van der Waals surface area contributed by atoms with Crippen molar-refractivity contribution >= 4 is 18.0 Å². The van der Waals surface area contributed by atoms with Gasteiger partial charge in [-0.25, -0.2) is 0 Å². The molecular weight excluding hydrogens is 306 g/mol. The van der Waals surface area contributed by atoms with Crippen molar-refractivity contribution in [2.24, 2.45) is 0 Å². The number of hydrogen-bond acceptors (Lipinski definition) is 5. The third kappa shape index (κ3) is 4.07. The molecule has 0 aliphatic carbocycles. The fraction of sp³-hybridized carbons (Fsp3) is 0.211. The van der Waals surface area contributed by atoms with E-state index in [0.717, 1.165) is 23.1 Å². The molecule has 0 fully saturated rings. The molecule has 0 aliphatic rings. The van der Waals surface area contributed by atoms with E-state index in [9.17, 15) is 9.59 Å². The van der Waals surface area contributed by atoms with Crippen LogP contribution in [0.15, 0.2) is 36.4 Å². The molecule has 0 saturated heterocycles. The summed E-state index contributed by atoms with van der Waals surface area (Å²) in [5.41, 5.74) is 2.90. The fourth-order valence-electron chi connectivity index (χ4n) is 2.41. The first-order valence-corrected chi connectivity index (χ1v) is 7.47. The van der Waals surface area contributed by atoms with E-state index in [1.165, 1.54) is 19.1 Å². The molecule has 0 atom stereocenters. The lowest BCUT2D eigenvalue weighted by atomic mass is 10.0. The zero-order valence-electron chi connectivity index (χ0n) is 13.9. The van der Waals surface area contributed by atoms with Crippen LogP contribution >= 0.6 is 0 Å². The summed E-state index contributed by atoms with van der Waals surface area (Å²) in [6.45, 7) is 5.34. The van der Waals surface area contributed by atoms with Gasteiger partial charge < -0.3 is 14.9 Å². The van der Waals surface area contributed by atoms with Crippen LogP contribution in [0.3, 0.4) is 0 Å². The Morgan fingerprint density at radius 2 is 1.79 bits per heavy atom. The number of esters is 1. The minimum Gasteiger partial charge on any atom is -0.488 e. The quantitative estimate of drug-likeness (QED) is 0.381. The fourth-order valence-corrected chi connectivity index (χ4v) is 2.41. The monoisotopic (exact) mass is 325 g/mol. The molecule has 5 heteroatoms. The lowest BCUT2D eigenvalue weighted by molar-refractivity contribution is -0.131. The second-order valence-corrected chi connectivity index (χ2v) is 5.43. The first-order valence-electron chi connectivity index (χ1n) is 7.47. The Morgan fingerprint density at radius 3 is 2.38 bits per heavy atom. The molecule has 0 amide bonds. The Labute approximate surface area is 140 Å². The molecule has 124 valence electrons. The van der Waals surface area contributed by atoms with Crippen LogP contribution in [0.5, 0.6) is 11.5 Å². The van der Waals surface area contributed by atoms with Gasteiger partial charge in [0.05, 0.1) is 6.21 Å². The first kappa shape index (κ1) is 17.4. The highest BCUT2D eigenvalue weighted by Crippen LogP contribution is 2.25. The zero-order valence-corrected chi connectivity index (χ0v) is 13.9. The molecule has 1 N–H and O–H groups in total. The van der Waals surface area contributed by atoms with E-state index in [1.807, 2.05) is 32.0 Å². The zero-order chi connectivity index (χ0) is 17.7. The molecule has 2 aromatic carbocycles. The Balaban J connectivity index is 2.33. The maximum atomic E-state index is 11.9. The number of Topliss-reactive ketones (excluding diaryl/α,β-unsaturated/α-hetero) is 1. The summed E-state index contributed by atoms with van der Waals surface area (Å²) in [5.74, 6) is 0.222. The van der Waals surface area contributed by atoms with Crippen LogP contribution in [0, 0.1) is 19.3 Å². The number of hydrogen-bond donors (Lipinski definition) is 1. The van der Waals surface area contributed by atoms with E-state index in [-0.39, 0.29) is 6.61 Å². The third-order valence-corrected chi connectivity index (χ3v) is 3.52. The number of ketones is 1. The van der Waals surface area contributed by atoms with Crippen molar-refractivity contribution in [1.29, 1.82) is 5.41 Å². The van der Waals surface area contributed by atoms with E-state index in [2.05, 4.69) is 0 Å². The normalized spacial score (nSPS) is 10.1. The molecule has 0 saturated carbocycles. The summed E-state index contributed by atoms with van der Waals surface area (Å²) < 4.78 is 10.9. The summed E-state index contributed by atoms with van der Waals surface area (Å²) in [5, 5.41) is 7.17. The van der Waals surface area contributed by atoms with Gasteiger partial charge in [-0.05, 0) is 43.2 Å². The van der Waals surface area contributed by atoms with Crippen molar-refractivity contribution in [2.75, 3.05) is 0 Å². The molecular formula is C19H19NO4.